The van der Waals surface area contributed by atoms with Crippen LogP contribution in [0.25, 0.3) is 0 Å². The zero-order valence-corrected chi connectivity index (χ0v) is 11.4. The highest BCUT2D eigenvalue weighted by molar-refractivity contribution is 5.93. The summed E-state index contributed by atoms with van der Waals surface area (Å²) in [6.07, 6.45) is 1.52. The number of halogens is 1. The van der Waals surface area contributed by atoms with Gasteiger partial charge in [0.05, 0.1) is 18.2 Å². The first-order valence-corrected chi connectivity index (χ1v) is 6.81. The van der Waals surface area contributed by atoms with Gasteiger partial charge in [0.25, 0.3) is 5.91 Å². The topological polar surface area (TPSA) is 85.5 Å². The SMILES string of the molecule is NC(=O)[C@]12CCOC[C@H]1CN(C(=O)c1ccc(F)cn1)C2. The highest BCUT2D eigenvalue weighted by Crippen LogP contribution is 2.42. The normalized spacial score (nSPS) is 28.2. The van der Waals surface area contributed by atoms with Crippen LogP contribution in [0.5, 0.6) is 0 Å². The molecule has 1 aromatic rings. The maximum absolute atomic E-state index is 12.9. The number of hydrogen-bond donors (Lipinski definition) is 1. The number of rotatable bonds is 2. The molecule has 0 spiro atoms. The molecule has 3 rings (SSSR count). The molecule has 3 heterocycles. The van der Waals surface area contributed by atoms with Gasteiger partial charge in [-0.25, -0.2) is 9.37 Å². The molecule has 2 fully saturated rings. The van der Waals surface area contributed by atoms with E-state index >= 15 is 0 Å². The molecule has 2 atom stereocenters. The summed E-state index contributed by atoms with van der Waals surface area (Å²) in [6, 6.07) is 2.53. The van der Waals surface area contributed by atoms with E-state index in [0.29, 0.717) is 26.2 Å². The first kappa shape index (κ1) is 13.9. The van der Waals surface area contributed by atoms with Crippen molar-refractivity contribution in [1.29, 1.82) is 0 Å². The Kier molecular flexibility index (Phi) is 3.36. The maximum Gasteiger partial charge on any atom is 0.272 e. The maximum atomic E-state index is 12.9. The zero-order chi connectivity index (χ0) is 15.0. The van der Waals surface area contributed by atoms with Crippen molar-refractivity contribution in [1.82, 2.24) is 9.88 Å². The fraction of sp³-hybridized carbons (Fsp3) is 0.500. The lowest BCUT2D eigenvalue weighted by Gasteiger charge is -2.34. The van der Waals surface area contributed by atoms with E-state index in [2.05, 4.69) is 4.98 Å². The van der Waals surface area contributed by atoms with Crippen LogP contribution < -0.4 is 5.73 Å². The largest absolute Gasteiger partial charge is 0.381 e. The highest BCUT2D eigenvalue weighted by atomic mass is 19.1. The molecule has 112 valence electrons. The lowest BCUT2D eigenvalue weighted by atomic mass is 9.74. The summed E-state index contributed by atoms with van der Waals surface area (Å²) in [5.41, 5.74) is 5.01. The third-order valence-corrected chi connectivity index (χ3v) is 4.43. The fourth-order valence-corrected chi connectivity index (χ4v) is 3.17. The second kappa shape index (κ2) is 5.07. The quantitative estimate of drug-likeness (QED) is 0.843. The predicted molar refractivity (Wildman–Crippen MR) is 70.7 cm³/mol. The number of carbonyl (C=O) groups excluding carboxylic acids is 2. The molecular formula is C14H16FN3O3. The van der Waals surface area contributed by atoms with Gasteiger partial charge in [-0.05, 0) is 18.6 Å². The molecule has 2 aliphatic heterocycles. The van der Waals surface area contributed by atoms with Crippen molar-refractivity contribution in [3.63, 3.8) is 0 Å². The lowest BCUT2D eigenvalue weighted by Crippen LogP contribution is -2.48. The molecule has 2 N–H and O–H groups in total. The first-order valence-electron chi connectivity index (χ1n) is 6.81. The minimum atomic E-state index is -0.714. The summed E-state index contributed by atoms with van der Waals surface area (Å²) in [5.74, 6) is -1.29. The summed E-state index contributed by atoms with van der Waals surface area (Å²) in [5, 5.41) is 0. The van der Waals surface area contributed by atoms with Gasteiger partial charge in [-0.15, -0.1) is 0 Å². The van der Waals surface area contributed by atoms with Crippen molar-refractivity contribution < 1.29 is 18.7 Å². The molecule has 2 aliphatic rings. The van der Waals surface area contributed by atoms with Crippen molar-refractivity contribution in [3.8, 4) is 0 Å². The van der Waals surface area contributed by atoms with Crippen LogP contribution in [0.15, 0.2) is 18.3 Å². The summed E-state index contributed by atoms with van der Waals surface area (Å²) < 4.78 is 18.3. The van der Waals surface area contributed by atoms with Crippen LogP contribution in [0.4, 0.5) is 4.39 Å². The van der Waals surface area contributed by atoms with E-state index in [0.717, 1.165) is 6.20 Å². The number of carbonyl (C=O) groups is 2. The monoisotopic (exact) mass is 293 g/mol. The molecule has 1 aromatic heterocycles. The average Bonchev–Trinajstić information content (AvgIpc) is 2.88. The van der Waals surface area contributed by atoms with Crippen molar-refractivity contribution >= 4 is 11.8 Å². The van der Waals surface area contributed by atoms with Crippen LogP contribution in [0.2, 0.25) is 0 Å². The predicted octanol–water partition coefficient (Wildman–Crippen LogP) is 0.185. The Hall–Kier alpha value is -2.02. The van der Waals surface area contributed by atoms with Gasteiger partial charge < -0.3 is 15.4 Å². The molecule has 2 saturated heterocycles. The van der Waals surface area contributed by atoms with Crippen molar-refractivity contribution in [3.05, 3.63) is 29.8 Å². The minimum Gasteiger partial charge on any atom is -0.381 e. The third kappa shape index (κ3) is 2.27. The fourth-order valence-electron chi connectivity index (χ4n) is 3.17. The van der Waals surface area contributed by atoms with Gasteiger partial charge in [0, 0.05) is 25.6 Å². The minimum absolute atomic E-state index is 0.0897. The van der Waals surface area contributed by atoms with Gasteiger partial charge in [-0.1, -0.05) is 0 Å². The number of hydrogen-bond acceptors (Lipinski definition) is 4. The molecule has 21 heavy (non-hydrogen) atoms. The summed E-state index contributed by atoms with van der Waals surface area (Å²) in [4.78, 5) is 29.6. The zero-order valence-electron chi connectivity index (χ0n) is 11.4. The van der Waals surface area contributed by atoms with Gasteiger partial charge in [0.15, 0.2) is 0 Å². The van der Waals surface area contributed by atoms with E-state index in [1.165, 1.54) is 12.1 Å². The van der Waals surface area contributed by atoms with Gasteiger partial charge in [-0.3, -0.25) is 9.59 Å². The van der Waals surface area contributed by atoms with Crippen molar-refractivity contribution in [2.75, 3.05) is 26.3 Å². The summed E-state index contributed by atoms with van der Waals surface area (Å²) >= 11 is 0. The van der Waals surface area contributed by atoms with Crippen LogP contribution in [0.1, 0.15) is 16.9 Å². The van der Waals surface area contributed by atoms with Gasteiger partial charge in [0.2, 0.25) is 5.91 Å². The van der Waals surface area contributed by atoms with Crippen molar-refractivity contribution in [2.24, 2.45) is 17.1 Å². The highest BCUT2D eigenvalue weighted by Gasteiger charge is 2.53. The third-order valence-electron chi connectivity index (χ3n) is 4.43. The molecule has 0 aromatic carbocycles. The Labute approximate surface area is 121 Å². The number of amides is 2. The lowest BCUT2D eigenvalue weighted by molar-refractivity contribution is -0.135. The van der Waals surface area contributed by atoms with Crippen LogP contribution in [-0.2, 0) is 9.53 Å². The molecule has 0 radical (unpaired) electrons. The number of nitrogens with two attached hydrogens (primary N) is 1. The van der Waals surface area contributed by atoms with Gasteiger partial charge in [0.1, 0.15) is 11.5 Å². The molecule has 2 amide bonds. The second-order valence-electron chi connectivity index (χ2n) is 5.59. The number of primary amides is 1. The molecule has 7 heteroatoms. The molecule has 0 bridgehead atoms. The molecule has 0 aliphatic carbocycles. The molecule has 6 nitrogen and oxygen atoms in total. The second-order valence-corrected chi connectivity index (χ2v) is 5.59. The van der Waals surface area contributed by atoms with Crippen molar-refractivity contribution in [2.45, 2.75) is 6.42 Å². The van der Waals surface area contributed by atoms with Gasteiger partial charge in [-0.2, -0.15) is 0 Å². The van der Waals surface area contributed by atoms with E-state index in [4.69, 9.17) is 10.5 Å². The number of ether oxygens (including phenoxy) is 1. The Morgan fingerprint density at radius 2 is 2.29 bits per heavy atom. The Morgan fingerprint density at radius 3 is 2.90 bits per heavy atom. The molecule has 0 saturated carbocycles. The number of aromatic nitrogens is 1. The number of likely N-dealkylation sites (tertiary alicyclic amines) is 1. The standard InChI is InChI=1S/C14H16FN3O3/c15-10-1-2-11(17-5-10)12(19)18-6-9-7-21-4-3-14(9,8-18)13(16)20/h1-2,5,9H,3-4,6-8H2,(H2,16,20)/t9-,14+/m1/s1. The molecular weight excluding hydrogens is 277 g/mol. The van der Waals surface area contributed by atoms with Crippen LogP contribution in [-0.4, -0.2) is 48.0 Å². The summed E-state index contributed by atoms with van der Waals surface area (Å²) in [6.45, 7) is 1.56. The van der Waals surface area contributed by atoms with E-state index in [1.807, 2.05) is 0 Å². The van der Waals surface area contributed by atoms with E-state index in [1.54, 1.807) is 4.90 Å². The van der Waals surface area contributed by atoms with Crippen LogP contribution in [0.3, 0.4) is 0 Å². The number of pyridine rings is 1. The Balaban J connectivity index is 1.83. The number of nitrogens with zero attached hydrogens (tertiary/aromatic N) is 2. The Bertz CT molecular complexity index is 577. The molecule has 0 unspecified atom stereocenters. The smallest absolute Gasteiger partial charge is 0.272 e. The van der Waals surface area contributed by atoms with Crippen LogP contribution in [0, 0.1) is 17.2 Å². The Morgan fingerprint density at radius 1 is 1.48 bits per heavy atom. The van der Waals surface area contributed by atoms with E-state index in [9.17, 15) is 14.0 Å². The summed E-state index contributed by atoms with van der Waals surface area (Å²) in [7, 11) is 0. The van der Waals surface area contributed by atoms with Gasteiger partial charge >= 0.3 is 0 Å². The first-order chi connectivity index (χ1) is 10.0. The van der Waals surface area contributed by atoms with E-state index < -0.39 is 17.1 Å². The average molecular weight is 293 g/mol. The van der Waals surface area contributed by atoms with Crippen LogP contribution >= 0.6 is 0 Å². The van der Waals surface area contributed by atoms with E-state index in [-0.39, 0.29) is 24.1 Å². The number of fused-ring (bicyclic) bond motifs is 1.